The van der Waals surface area contributed by atoms with Gasteiger partial charge in [-0.15, -0.1) is 0 Å². The number of rotatable bonds is 1. The van der Waals surface area contributed by atoms with Crippen LogP contribution in [0.15, 0.2) is 0 Å². The molecule has 3 unspecified atom stereocenters. The topological polar surface area (TPSA) is 0 Å². The summed E-state index contributed by atoms with van der Waals surface area (Å²) in [6.45, 7) is 7.31. The first-order valence-electron chi connectivity index (χ1n) is 6.14. The molecule has 2 saturated carbocycles. The Balaban J connectivity index is 2.12. The van der Waals surface area contributed by atoms with Crippen LogP contribution in [0.5, 0.6) is 0 Å². The molecule has 0 aromatic heterocycles. The number of hydrogen-bond acceptors (Lipinski definition) is 0. The summed E-state index contributed by atoms with van der Waals surface area (Å²) in [5, 5.41) is 0. The molecule has 0 nitrogen and oxygen atoms in total. The highest BCUT2D eigenvalue weighted by atomic mass is 14.5. The van der Waals surface area contributed by atoms with Crippen molar-refractivity contribution in [2.24, 2.45) is 23.2 Å². The molecule has 2 aliphatic carbocycles. The average molecular weight is 180 g/mol. The second kappa shape index (κ2) is 3.29. The number of hydrogen-bond donors (Lipinski definition) is 0. The summed E-state index contributed by atoms with van der Waals surface area (Å²) in [6.07, 6.45) is 9.15. The summed E-state index contributed by atoms with van der Waals surface area (Å²) in [6, 6.07) is 0. The zero-order valence-corrected chi connectivity index (χ0v) is 9.47. The molecule has 0 aromatic carbocycles. The molecule has 0 radical (unpaired) electrons. The fourth-order valence-electron chi connectivity index (χ4n) is 4.20. The Hall–Kier alpha value is 0. The highest BCUT2D eigenvalue weighted by Crippen LogP contribution is 2.57. The first-order valence-corrected chi connectivity index (χ1v) is 6.14. The molecule has 2 aliphatic rings. The zero-order chi connectivity index (χ0) is 9.47. The normalized spacial score (nSPS) is 45.2. The molecule has 3 atom stereocenters. The van der Waals surface area contributed by atoms with Crippen molar-refractivity contribution in [3.63, 3.8) is 0 Å². The fourth-order valence-corrected chi connectivity index (χ4v) is 4.20. The maximum Gasteiger partial charge on any atom is -0.0264 e. The maximum atomic E-state index is 2.45. The molecule has 0 bridgehead atoms. The lowest BCUT2D eigenvalue weighted by atomic mass is 9.71. The molecule has 0 amide bonds. The first-order chi connectivity index (χ1) is 6.14. The van der Waals surface area contributed by atoms with Gasteiger partial charge in [-0.2, -0.15) is 0 Å². The van der Waals surface area contributed by atoms with Crippen molar-refractivity contribution in [1.29, 1.82) is 0 Å². The van der Waals surface area contributed by atoms with Crippen molar-refractivity contribution in [1.82, 2.24) is 0 Å². The van der Waals surface area contributed by atoms with Crippen LogP contribution in [0.4, 0.5) is 0 Å². The lowest BCUT2D eigenvalue weighted by Gasteiger charge is -2.34. The third kappa shape index (κ3) is 1.53. The van der Waals surface area contributed by atoms with Gasteiger partial charge in [-0.25, -0.2) is 0 Å². The van der Waals surface area contributed by atoms with Crippen LogP contribution in [0, 0.1) is 23.2 Å². The predicted octanol–water partition coefficient (Wildman–Crippen LogP) is 4.25. The van der Waals surface area contributed by atoms with E-state index in [1.54, 1.807) is 6.42 Å². The van der Waals surface area contributed by atoms with Crippen LogP contribution >= 0.6 is 0 Å². The second-order valence-electron chi connectivity index (χ2n) is 5.95. The Labute approximate surface area is 83.1 Å². The van der Waals surface area contributed by atoms with Gasteiger partial charge in [0.25, 0.3) is 0 Å². The molecule has 76 valence electrons. The molecule has 0 aromatic rings. The lowest BCUT2D eigenvalue weighted by Crippen LogP contribution is -2.26. The third-order valence-corrected chi connectivity index (χ3v) is 4.67. The van der Waals surface area contributed by atoms with Gasteiger partial charge in [0.2, 0.25) is 0 Å². The van der Waals surface area contributed by atoms with Gasteiger partial charge >= 0.3 is 0 Å². The van der Waals surface area contributed by atoms with E-state index in [1.165, 1.54) is 32.1 Å². The highest BCUT2D eigenvalue weighted by Gasteiger charge is 2.47. The summed E-state index contributed by atoms with van der Waals surface area (Å²) >= 11 is 0. The minimum Gasteiger partial charge on any atom is -0.0625 e. The van der Waals surface area contributed by atoms with Crippen LogP contribution in [0.1, 0.15) is 59.3 Å². The molecule has 0 aliphatic heterocycles. The van der Waals surface area contributed by atoms with Crippen LogP contribution in [0.3, 0.4) is 0 Å². The van der Waals surface area contributed by atoms with Crippen molar-refractivity contribution < 1.29 is 0 Å². The molecule has 0 heteroatoms. The van der Waals surface area contributed by atoms with Gasteiger partial charge in [0.1, 0.15) is 0 Å². The summed E-state index contributed by atoms with van der Waals surface area (Å²) in [4.78, 5) is 0. The summed E-state index contributed by atoms with van der Waals surface area (Å²) in [5.41, 5.74) is 0.799. The van der Waals surface area contributed by atoms with Crippen LogP contribution in [0.2, 0.25) is 0 Å². The summed E-state index contributed by atoms with van der Waals surface area (Å²) < 4.78 is 0. The predicted molar refractivity (Wildman–Crippen MR) is 57.6 cm³/mol. The van der Waals surface area contributed by atoms with Gasteiger partial charge < -0.3 is 0 Å². The van der Waals surface area contributed by atoms with Crippen molar-refractivity contribution in [3.05, 3.63) is 0 Å². The summed E-state index contributed by atoms with van der Waals surface area (Å²) in [7, 11) is 0. The molecular formula is C13H24. The van der Waals surface area contributed by atoms with Gasteiger partial charge in [-0.05, 0) is 48.9 Å². The smallest absolute Gasteiger partial charge is 0.0264 e. The van der Waals surface area contributed by atoms with E-state index in [0.29, 0.717) is 0 Å². The van der Waals surface area contributed by atoms with Gasteiger partial charge in [0.15, 0.2) is 0 Å². The molecule has 1 spiro atoms. The van der Waals surface area contributed by atoms with Crippen molar-refractivity contribution in [3.8, 4) is 0 Å². The molecule has 2 rings (SSSR count). The fraction of sp³-hybridized carbons (Fsp3) is 1.00. The molecular weight excluding hydrogens is 156 g/mol. The Morgan fingerprint density at radius 2 is 1.92 bits per heavy atom. The minimum absolute atomic E-state index is 0.799. The first kappa shape index (κ1) is 9.55. The maximum absolute atomic E-state index is 2.45. The molecule has 13 heavy (non-hydrogen) atoms. The third-order valence-electron chi connectivity index (χ3n) is 4.67. The molecule has 0 saturated heterocycles. The van der Waals surface area contributed by atoms with Crippen LogP contribution < -0.4 is 0 Å². The average Bonchev–Trinajstić information content (AvgIpc) is 2.60. The highest BCUT2D eigenvalue weighted by molar-refractivity contribution is 4.97. The van der Waals surface area contributed by atoms with E-state index < -0.39 is 0 Å². The second-order valence-corrected chi connectivity index (χ2v) is 5.95. The Morgan fingerprint density at radius 1 is 1.15 bits per heavy atom. The quantitative estimate of drug-likeness (QED) is 0.566. The van der Waals surface area contributed by atoms with E-state index >= 15 is 0 Å². The van der Waals surface area contributed by atoms with E-state index in [-0.39, 0.29) is 0 Å². The van der Waals surface area contributed by atoms with Crippen LogP contribution in [-0.2, 0) is 0 Å². The van der Waals surface area contributed by atoms with Gasteiger partial charge in [0, 0.05) is 0 Å². The summed E-state index contributed by atoms with van der Waals surface area (Å²) in [5.74, 6) is 2.99. The van der Waals surface area contributed by atoms with E-state index in [9.17, 15) is 0 Å². The SMILES string of the molecule is CC1CCC2(CCCC2C(C)C)C1. The van der Waals surface area contributed by atoms with Crippen molar-refractivity contribution in [2.75, 3.05) is 0 Å². The van der Waals surface area contributed by atoms with E-state index in [0.717, 1.165) is 23.2 Å². The van der Waals surface area contributed by atoms with Crippen LogP contribution in [-0.4, -0.2) is 0 Å². The monoisotopic (exact) mass is 180 g/mol. The van der Waals surface area contributed by atoms with Crippen molar-refractivity contribution in [2.45, 2.75) is 59.3 Å². The zero-order valence-electron chi connectivity index (χ0n) is 9.47. The molecule has 0 N–H and O–H groups in total. The van der Waals surface area contributed by atoms with Crippen LogP contribution in [0.25, 0.3) is 0 Å². The standard InChI is InChI=1S/C13H24/c1-10(2)12-5-4-7-13(12)8-6-11(3)9-13/h10-12H,4-9H2,1-3H3. The van der Waals surface area contributed by atoms with Gasteiger partial charge in [0.05, 0.1) is 0 Å². The minimum atomic E-state index is 0.799. The van der Waals surface area contributed by atoms with Gasteiger partial charge in [-0.1, -0.05) is 33.6 Å². The lowest BCUT2D eigenvalue weighted by molar-refractivity contribution is 0.153. The Kier molecular flexibility index (Phi) is 2.42. The van der Waals surface area contributed by atoms with E-state index in [4.69, 9.17) is 0 Å². The van der Waals surface area contributed by atoms with E-state index in [1.807, 2.05) is 0 Å². The Morgan fingerprint density at radius 3 is 2.46 bits per heavy atom. The van der Waals surface area contributed by atoms with Gasteiger partial charge in [-0.3, -0.25) is 0 Å². The molecule has 2 fully saturated rings. The molecule has 0 heterocycles. The Bertz CT molecular complexity index is 182. The van der Waals surface area contributed by atoms with Crippen molar-refractivity contribution >= 4 is 0 Å². The van der Waals surface area contributed by atoms with E-state index in [2.05, 4.69) is 20.8 Å². The largest absolute Gasteiger partial charge is 0.0625 e.